The van der Waals surface area contributed by atoms with Gasteiger partial charge in [0.15, 0.2) is 0 Å². The largest absolute Gasteiger partial charge is 0.450 e. The van der Waals surface area contributed by atoms with Crippen LogP contribution in [0.5, 0.6) is 0 Å². The summed E-state index contributed by atoms with van der Waals surface area (Å²) in [6.07, 6.45) is 5.47. The Morgan fingerprint density at radius 3 is 1.78 bits per heavy atom. The summed E-state index contributed by atoms with van der Waals surface area (Å²) < 4.78 is 26.4. The Labute approximate surface area is 305 Å². The number of unbranched alkanes of at least 4 members (excludes halogenated alkanes) is 4. The van der Waals surface area contributed by atoms with Crippen molar-refractivity contribution in [3.05, 3.63) is 0 Å². The molecule has 0 aliphatic rings. The van der Waals surface area contributed by atoms with E-state index in [1.54, 1.807) is 25.7 Å². The molecular formula is C35H68N6O10. The van der Waals surface area contributed by atoms with E-state index >= 15 is 0 Å². The summed E-state index contributed by atoms with van der Waals surface area (Å²) in [7, 11) is 0. The van der Waals surface area contributed by atoms with Crippen molar-refractivity contribution in [3.63, 3.8) is 0 Å². The standard InChI is InChI=1S/C35H68N6O10/c1-7-10-24-48-31(43)38-18-15-23-41(34(46)50-26-12-9-3)22-14-13-17-36-19-16-29(40-33(45)49-25-11-8-2)30(42)37-20-27-47-28-21-39-32(44)51-35(4,5)6/h29,36H,7-28H2,1-6H3,(H,37,42)(H,38,43)(H,39,44)(H,40,45)/t29-/m0/s1. The molecule has 0 aliphatic carbocycles. The van der Waals surface area contributed by atoms with E-state index in [2.05, 4.69) is 26.6 Å². The maximum Gasteiger partial charge on any atom is 0.409 e. The first-order valence-corrected chi connectivity index (χ1v) is 18.7. The van der Waals surface area contributed by atoms with E-state index in [4.69, 9.17) is 23.7 Å². The van der Waals surface area contributed by atoms with Crippen LogP contribution in [0.4, 0.5) is 19.2 Å². The topological polar surface area (TPSA) is 195 Å². The van der Waals surface area contributed by atoms with Gasteiger partial charge in [-0.25, -0.2) is 19.2 Å². The van der Waals surface area contributed by atoms with Gasteiger partial charge >= 0.3 is 24.4 Å². The second-order valence-electron chi connectivity index (χ2n) is 13.0. The zero-order chi connectivity index (χ0) is 38.2. The fourth-order valence-corrected chi connectivity index (χ4v) is 4.21. The van der Waals surface area contributed by atoms with Gasteiger partial charge in [0.25, 0.3) is 0 Å². The minimum Gasteiger partial charge on any atom is -0.450 e. The quantitative estimate of drug-likeness (QED) is 0.0539. The Morgan fingerprint density at radius 2 is 1.16 bits per heavy atom. The van der Waals surface area contributed by atoms with Crippen LogP contribution in [0, 0.1) is 0 Å². The molecule has 0 rings (SSSR count). The van der Waals surface area contributed by atoms with Gasteiger partial charge in [-0.05, 0) is 78.8 Å². The van der Waals surface area contributed by atoms with Crippen molar-refractivity contribution < 1.29 is 47.7 Å². The number of nitrogens with one attached hydrogen (secondary N) is 5. The smallest absolute Gasteiger partial charge is 0.409 e. The molecule has 0 heterocycles. The van der Waals surface area contributed by atoms with Crippen molar-refractivity contribution in [1.82, 2.24) is 31.5 Å². The summed E-state index contributed by atoms with van der Waals surface area (Å²) in [6.45, 7) is 15.8. The van der Waals surface area contributed by atoms with Gasteiger partial charge in [-0.2, -0.15) is 0 Å². The third kappa shape index (κ3) is 29.9. The summed E-state index contributed by atoms with van der Waals surface area (Å²) in [5.41, 5.74) is -0.586. The number of amides is 5. The highest BCUT2D eigenvalue weighted by molar-refractivity contribution is 5.85. The van der Waals surface area contributed by atoms with Gasteiger partial charge in [-0.1, -0.05) is 40.0 Å². The van der Waals surface area contributed by atoms with Crippen LogP contribution in [0.25, 0.3) is 0 Å². The average Bonchev–Trinajstić information content (AvgIpc) is 3.07. The zero-order valence-corrected chi connectivity index (χ0v) is 32.2. The molecule has 0 unspecified atom stereocenters. The number of rotatable bonds is 29. The predicted octanol–water partition coefficient (Wildman–Crippen LogP) is 4.45. The number of carbonyl (C=O) groups is 5. The fraction of sp³-hybridized carbons (Fsp3) is 0.857. The Bertz CT molecular complexity index is 951. The van der Waals surface area contributed by atoms with Crippen molar-refractivity contribution in [3.8, 4) is 0 Å². The van der Waals surface area contributed by atoms with Crippen LogP contribution < -0.4 is 26.6 Å². The van der Waals surface area contributed by atoms with Crippen LogP contribution in [-0.4, -0.2) is 126 Å². The number of hydrogen-bond acceptors (Lipinski definition) is 11. The zero-order valence-electron chi connectivity index (χ0n) is 32.2. The first-order chi connectivity index (χ1) is 24.4. The molecular weight excluding hydrogens is 664 g/mol. The molecule has 5 amide bonds. The molecule has 1 atom stereocenters. The first-order valence-electron chi connectivity index (χ1n) is 18.7. The molecule has 0 bridgehead atoms. The summed E-state index contributed by atoms with van der Waals surface area (Å²) in [5, 5.41) is 14.0. The van der Waals surface area contributed by atoms with E-state index in [9.17, 15) is 24.0 Å². The molecule has 0 radical (unpaired) electrons. The highest BCUT2D eigenvalue weighted by Gasteiger charge is 2.21. The van der Waals surface area contributed by atoms with Gasteiger partial charge in [0.1, 0.15) is 11.6 Å². The highest BCUT2D eigenvalue weighted by Crippen LogP contribution is 2.06. The van der Waals surface area contributed by atoms with E-state index in [0.29, 0.717) is 58.8 Å². The monoisotopic (exact) mass is 732 g/mol. The van der Waals surface area contributed by atoms with Crippen LogP contribution in [-0.2, 0) is 28.5 Å². The molecule has 5 N–H and O–H groups in total. The molecule has 0 aromatic rings. The highest BCUT2D eigenvalue weighted by atomic mass is 16.6. The molecule has 16 nitrogen and oxygen atoms in total. The minimum atomic E-state index is -0.814. The third-order valence-corrected chi connectivity index (χ3v) is 7.03. The molecule has 0 spiro atoms. The minimum absolute atomic E-state index is 0.220. The van der Waals surface area contributed by atoms with Crippen molar-refractivity contribution in [2.24, 2.45) is 0 Å². The predicted molar refractivity (Wildman–Crippen MR) is 195 cm³/mol. The molecule has 0 saturated carbocycles. The molecule has 0 saturated heterocycles. The van der Waals surface area contributed by atoms with Crippen LogP contribution >= 0.6 is 0 Å². The summed E-state index contributed by atoms with van der Waals surface area (Å²) in [5.74, 6) is -0.360. The Hall–Kier alpha value is -3.53. The van der Waals surface area contributed by atoms with E-state index in [1.807, 2.05) is 20.8 Å². The van der Waals surface area contributed by atoms with Gasteiger partial charge in [0, 0.05) is 32.7 Å². The summed E-state index contributed by atoms with van der Waals surface area (Å²) in [4.78, 5) is 63.0. The molecule has 0 fully saturated rings. The fourth-order valence-electron chi connectivity index (χ4n) is 4.21. The van der Waals surface area contributed by atoms with Gasteiger partial charge in [-0.15, -0.1) is 0 Å². The molecule has 51 heavy (non-hydrogen) atoms. The van der Waals surface area contributed by atoms with Crippen LogP contribution in [0.15, 0.2) is 0 Å². The van der Waals surface area contributed by atoms with Gasteiger partial charge in [0.2, 0.25) is 5.91 Å². The molecule has 0 aliphatic heterocycles. The number of alkyl carbamates (subject to hydrolysis) is 3. The van der Waals surface area contributed by atoms with Crippen molar-refractivity contribution in [1.29, 1.82) is 0 Å². The molecule has 298 valence electrons. The Morgan fingerprint density at radius 1 is 0.588 bits per heavy atom. The maximum absolute atomic E-state index is 12.9. The van der Waals surface area contributed by atoms with Crippen LogP contribution in [0.1, 0.15) is 106 Å². The summed E-state index contributed by atoms with van der Waals surface area (Å²) in [6, 6.07) is -0.814. The molecule has 16 heteroatoms. The normalized spacial score (nSPS) is 11.6. The van der Waals surface area contributed by atoms with E-state index < -0.39 is 29.9 Å². The average molecular weight is 733 g/mol. The lowest BCUT2D eigenvalue weighted by atomic mass is 10.2. The van der Waals surface area contributed by atoms with Crippen molar-refractivity contribution in [2.75, 3.05) is 78.8 Å². The first kappa shape index (κ1) is 47.5. The number of nitrogens with zero attached hydrogens (tertiary/aromatic N) is 1. The Balaban J connectivity index is 4.64. The second-order valence-corrected chi connectivity index (χ2v) is 13.0. The SMILES string of the molecule is CCCCOC(=O)NCCCN(CCCCNCC[C@H](NC(=O)OCCCC)C(=O)NCCOCCNC(=O)OC(C)(C)C)C(=O)OCCCC. The number of carbonyl (C=O) groups excluding carboxylic acids is 5. The lowest BCUT2D eigenvalue weighted by Gasteiger charge is -2.22. The van der Waals surface area contributed by atoms with E-state index in [0.717, 1.165) is 51.4 Å². The van der Waals surface area contributed by atoms with Crippen molar-refractivity contribution in [2.45, 2.75) is 117 Å². The lowest BCUT2D eigenvalue weighted by Crippen LogP contribution is -2.48. The van der Waals surface area contributed by atoms with Crippen LogP contribution in [0.2, 0.25) is 0 Å². The number of ether oxygens (including phenoxy) is 5. The third-order valence-electron chi connectivity index (χ3n) is 7.03. The summed E-state index contributed by atoms with van der Waals surface area (Å²) >= 11 is 0. The van der Waals surface area contributed by atoms with Crippen LogP contribution in [0.3, 0.4) is 0 Å². The van der Waals surface area contributed by atoms with E-state index in [1.165, 1.54) is 0 Å². The molecule has 0 aromatic heterocycles. The maximum atomic E-state index is 12.9. The molecule has 0 aromatic carbocycles. The van der Waals surface area contributed by atoms with Gasteiger partial charge < -0.3 is 55.2 Å². The lowest BCUT2D eigenvalue weighted by molar-refractivity contribution is -0.123. The number of hydrogen-bond donors (Lipinski definition) is 5. The van der Waals surface area contributed by atoms with Gasteiger partial charge in [-0.3, -0.25) is 4.79 Å². The van der Waals surface area contributed by atoms with Crippen molar-refractivity contribution >= 4 is 30.3 Å². The van der Waals surface area contributed by atoms with E-state index in [-0.39, 0.29) is 44.9 Å². The Kier molecular flexibility index (Phi) is 29.1. The second kappa shape index (κ2) is 31.2. The van der Waals surface area contributed by atoms with Gasteiger partial charge in [0.05, 0.1) is 33.0 Å².